The molecule has 1 aromatic heterocycles. The molecule has 18 heavy (non-hydrogen) atoms. The van der Waals surface area contributed by atoms with Crippen LogP contribution in [0.1, 0.15) is 12.8 Å². The highest BCUT2D eigenvalue weighted by Gasteiger charge is 1.99. The molecule has 0 aliphatic carbocycles. The van der Waals surface area contributed by atoms with E-state index < -0.39 is 0 Å². The summed E-state index contributed by atoms with van der Waals surface area (Å²) < 4.78 is 7.43. The summed E-state index contributed by atoms with van der Waals surface area (Å²) in [7, 11) is 0. The molecule has 2 N–H and O–H groups in total. The molecule has 0 spiro atoms. The maximum absolute atomic E-state index is 5.98. The van der Waals surface area contributed by atoms with Crippen LogP contribution in [0.3, 0.4) is 0 Å². The van der Waals surface area contributed by atoms with Crippen molar-refractivity contribution in [2.45, 2.75) is 19.4 Å². The molecule has 0 saturated carbocycles. The van der Waals surface area contributed by atoms with E-state index in [-0.39, 0.29) is 0 Å². The summed E-state index contributed by atoms with van der Waals surface area (Å²) in [5, 5.41) is 4.76. The number of aromatic nitrogens is 2. The first-order valence-corrected chi connectivity index (χ1v) is 6.30. The van der Waals surface area contributed by atoms with Gasteiger partial charge in [-0.2, -0.15) is 5.10 Å². The van der Waals surface area contributed by atoms with Gasteiger partial charge in [0.1, 0.15) is 11.6 Å². The molecule has 0 fully saturated rings. The molecule has 2 rings (SSSR count). The predicted molar refractivity (Wildman–Crippen MR) is 72.8 cm³/mol. The van der Waals surface area contributed by atoms with Gasteiger partial charge in [0.05, 0.1) is 11.6 Å². The number of nitrogens with two attached hydrogens (primary N) is 1. The van der Waals surface area contributed by atoms with Crippen molar-refractivity contribution in [1.82, 2.24) is 9.78 Å². The van der Waals surface area contributed by atoms with Crippen molar-refractivity contribution in [3.8, 4) is 5.75 Å². The zero-order chi connectivity index (χ0) is 12.8. The second-order valence-electron chi connectivity index (χ2n) is 3.99. The standard InChI is InChI=1S/C13H16ClN3O/c14-11-5-1-2-6-12(11)18-10-4-3-8-17-9-7-13(15)16-17/h1-2,5-7,9H,3-4,8,10H2,(H2,15,16). The maximum atomic E-state index is 5.98. The molecule has 1 heterocycles. The Morgan fingerprint density at radius 1 is 1.22 bits per heavy atom. The van der Waals surface area contributed by atoms with Gasteiger partial charge in [0.25, 0.3) is 0 Å². The van der Waals surface area contributed by atoms with Gasteiger partial charge in [-0.15, -0.1) is 0 Å². The van der Waals surface area contributed by atoms with Crippen LogP contribution in [-0.4, -0.2) is 16.4 Å². The highest BCUT2D eigenvalue weighted by Crippen LogP contribution is 2.23. The Morgan fingerprint density at radius 3 is 2.78 bits per heavy atom. The van der Waals surface area contributed by atoms with Crippen molar-refractivity contribution in [2.75, 3.05) is 12.3 Å². The summed E-state index contributed by atoms with van der Waals surface area (Å²) in [5.74, 6) is 1.30. The molecule has 96 valence electrons. The van der Waals surface area contributed by atoms with Crippen molar-refractivity contribution in [3.63, 3.8) is 0 Å². The van der Waals surface area contributed by atoms with Crippen LogP contribution in [0.15, 0.2) is 36.5 Å². The highest BCUT2D eigenvalue weighted by molar-refractivity contribution is 6.32. The van der Waals surface area contributed by atoms with Crippen molar-refractivity contribution >= 4 is 17.4 Å². The second kappa shape index (κ2) is 6.31. The lowest BCUT2D eigenvalue weighted by Crippen LogP contribution is -2.03. The second-order valence-corrected chi connectivity index (χ2v) is 4.40. The minimum absolute atomic E-state index is 0.558. The van der Waals surface area contributed by atoms with Crippen LogP contribution in [0, 0.1) is 0 Å². The van der Waals surface area contributed by atoms with E-state index in [9.17, 15) is 0 Å². The molecular formula is C13H16ClN3O. The first-order chi connectivity index (χ1) is 8.75. The number of rotatable bonds is 6. The van der Waals surface area contributed by atoms with E-state index in [1.54, 1.807) is 6.07 Å². The molecule has 5 heteroatoms. The lowest BCUT2D eigenvalue weighted by atomic mass is 10.3. The third kappa shape index (κ3) is 3.67. The first kappa shape index (κ1) is 12.8. The minimum Gasteiger partial charge on any atom is -0.492 e. The van der Waals surface area contributed by atoms with Gasteiger partial charge in [0.15, 0.2) is 0 Å². The lowest BCUT2D eigenvalue weighted by molar-refractivity contribution is 0.302. The number of unbranched alkanes of at least 4 members (excludes halogenated alkanes) is 1. The van der Waals surface area contributed by atoms with Gasteiger partial charge in [-0.1, -0.05) is 23.7 Å². The van der Waals surface area contributed by atoms with Crippen LogP contribution in [0.25, 0.3) is 0 Å². The van der Waals surface area contributed by atoms with Gasteiger partial charge in [0.2, 0.25) is 0 Å². The smallest absolute Gasteiger partial charge is 0.145 e. The summed E-state index contributed by atoms with van der Waals surface area (Å²) in [5.41, 5.74) is 5.53. The number of benzene rings is 1. The van der Waals surface area contributed by atoms with E-state index in [2.05, 4.69) is 5.10 Å². The molecule has 2 aromatic rings. The predicted octanol–water partition coefficient (Wildman–Crippen LogP) is 2.98. The van der Waals surface area contributed by atoms with Crippen LogP contribution in [0.5, 0.6) is 5.75 Å². The molecule has 0 bridgehead atoms. The third-order valence-corrected chi connectivity index (χ3v) is 2.85. The van der Waals surface area contributed by atoms with E-state index in [4.69, 9.17) is 22.1 Å². The van der Waals surface area contributed by atoms with Crippen LogP contribution >= 0.6 is 11.6 Å². The van der Waals surface area contributed by atoms with Crippen molar-refractivity contribution in [3.05, 3.63) is 41.6 Å². The third-order valence-electron chi connectivity index (χ3n) is 2.54. The molecule has 0 saturated heterocycles. The Bertz CT molecular complexity index is 498. The molecule has 0 aliphatic heterocycles. The monoisotopic (exact) mass is 265 g/mol. The van der Waals surface area contributed by atoms with E-state index >= 15 is 0 Å². The number of aryl methyl sites for hydroxylation is 1. The largest absolute Gasteiger partial charge is 0.492 e. The highest BCUT2D eigenvalue weighted by atomic mass is 35.5. The summed E-state index contributed by atoms with van der Waals surface area (Å²) in [6.07, 6.45) is 3.82. The first-order valence-electron chi connectivity index (χ1n) is 5.92. The SMILES string of the molecule is Nc1ccn(CCCCOc2ccccc2Cl)n1. The summed E-state index contributed by atoms with van der Waals surface area (Å²) in [6, 6.07) is 9.28. The number of hydrogen-bond acceptors (Lipinski definition) is 3. The van der Waals surface area contributed by atoms with Crippen molar-refractivity contribution in [1.29, 1.82) is 0 Å². The zero-order valence-electron chi connectivity index (χ0n) is 10.1. The summed E-state index contributed by atoms with van der Waals surface area (Å²) in [4.78, 5) is 0. The van der Waals surface area contributed by atoms with Gasteiger partial charge in [0, 0.05) is 12.7 Å². The van der Waals surface area contributed by atoms with Gasteiger partial charge in [-0.05, 0) is 31.0 Å². The lowest BCUT2D eigenvalue weighted by Gasteiger charge is -2.07. The van der Waals surface area contributed by atoms with E-state index in [0.717, 1.165) is 25.1 Å². The Balaban J connectivity index is 1.66. The number of hydrogen-bond donors (Lipinski definition) is 1. The topological polar surface area (TPSA) is 53.1 Å². The van der Waals surface area contributed by atoms with Crippen molar-refractivity contribution < 1.29 is 4.74 Å². The van der Waals surface area contributed by atoms with Gasteiger partial charge in [-0.25, -0.2) is 0 Å². The van der Waals surface area contributed by atoms with Gasteiger partial charge in [-0.3, -0.25) is 4.68 Å². The summed E-state index contributed by atoms with van der Waals surface area (Å²) >= 11 is 5.98. The number of anilines is 1. The van der Waals surface area contributed by atoms with Crippen LogP contribution in [0.2, 0.25) is 5.02 Å². The molecule has 1 aromatic carbocycles. The number of halogens is 1. The Labute approximate surface area is 111 Å². The molecule has 4 nitrogen and oxygen atoms in total. The molecular weight excluding hydrogens is 250 g/mol. The van der Waals surface area contributed by atoms with E-state index in [0.29, 0.717) is 17.4 Å². The van der Waals surface area contributed by atoms with Gasteiger partial charge >= 0.3 is 0 Å². The molecule has 0 radical (unpaired) electrons. The Morgan fingerprint density at radius 2 is 2.06 bits per heavy atom. The van der Waals surface area contributed by atoms with Gasteiger partial charge < -0.3 is 10.5 Å². The van der Waals surface area contributed by atoms with E-state index in [1.165, 1.54) is 0 Å². The Hall–Kier alpha value is -1.68. The Kier molecular flexibility index (Phi) is 4.47. The summed E-state index contributed by atoms with van der Waals surface area (Å²) in [6.45, 7) is 1.50. The number of ether oxygens (including phenoxy) is 1. The molecule has 0 amide bonds. The fourth-order valence-electron chi connectivity index (χ4n) is 1.62. The van der Waals surface area contributed by atoms with Crippen LogP contribution in [-0.2, 0) is 6.54 Å². The molecule has 0 aliphatic rings. The average Bonchev–Trinajstić information content (AvgIpc) is 2.77. The number of para-hydroxylation sites is 1. The number of nitrogens with zero attached hydrogens (tertiary/aromatic N) is 2. The fourth-order valence-corrected chi connectivity index (χ4v) is 1.81. The zero-order valence-corrected chi connectivity index (χ0v) is 10.8. The van der Waals surface area contributed by atoms with Crippen LogP contribution < -0.4 is 10.5 Å². The fraction of sp³-hybridized carbons (Fsp3) is 0.308. The normalized spacial score (nSPS) is 10.5. The quantitative estimate of drug-likeness (QED) is 0.817. The molecule has 0 unspecified atom stereocenters. The van der Waals surface area contributed by atoms with Crippen molar-refractivity contribution in [2.24, 2.45) is 0 Å². The minimum atomic E-state index is 0.558. The number of nitrogen functional groups attached to an aromatic ring is 1. The van der Waals surface area contributed by atoms with E-state index in [1.807, 2.05) is 35.1 Å². The average molecular weight is 266 g/mol. The van der Waals surface area contributed by atoms with Crippen LogP contribution in [0.4, 0.5) is 5.82 Å². The molecule has 0 atom stereocenters. The maximum Gasteiger partial charge on any atom is 0.145 e.